The van der Waals surface area contributed by atoms with Gasteiger partial charge in [0, 0.05) is 18.7 Å². The first-order valence-electron chi connectivity index (χ1n) is 6.25. The maximum absolute atomic E-state index is 13.4. The van der Waals surface area contributed by atoms with Crippen LogP contribution in [0.15, 0.2) is 42.5 Å². The molecule has 1 N–H and O–H groups in total. The molecule has 0 spiro atoms. The van der Waals surface area contributed by atoms with E-state index in [0.29, 0.717) is 30.0 Å². The van der Waals surface area contributed by atoms with Gasteiger partial charge < -0.3 is 10.1 Å². The lowest BCUT2D eigenvalue weighted by atomic mass is 10.1. The highest BCUT2D eigenvalue weighted by Gasteiger charge is 2.04. The fraction of sp³-hybridized carbons (Fsp3) is 0.188. The standard InChI is InChI=1S/C16H15FN2O/c1-20-16-7-6-12(8-14(16)9-18)10-19-11-13-4-2-3-5-15(13)17/h2-8,19H,10-11H2,1H3. The highest BCUT2D eigenvalue weighted by atomic mass is 19.1. The fourth-order valence-electron chi connectivity index (χ4n) is 1.94. The highest BCUT2D eigenvalue weighted by molar-refractivity contribution is 5.45. The number of methoxy groups -OCH3 is 1. The molecule has 2 rings (SSSR count). The van der Waals surface area contributed by atoms with E-state index in [1.165, 1.54) is 13.2 Å². The Labute approximate surface area is 117 Å². The largest absolute Gasteiger partial charge is 0.495 e. The molecule has 0 fully saturated rings. The van der Waals surface area contributed by atoms with Gasteiger partial charge in [0.25, 0.3) is 0 Å². The van der Waals surface area contributed by atoms with Crippen LogP contribution in [0.4, 0.5) is 4.39 Å². The van der Waals surface area contributed by atoms with E-state index in [1.54, 1.807) is 30.3 Å². The molecule has 0 aliphatic carbocycles. The molecule has 102 valence electrons. The SMILES string of the molecule is COc1ccc(CNCc2ccccc2F)cc1C#N. The molecule has 0 bridgehead atoms. The van der Waals surface area contributed by atoms with Crippen molar-refractivity contribution in [2.24, 2.45) is 0 Å². The number of hydrogen-bond donors (Lipinski definition) is 1. The molecule has 0 aromatic heterocycles. The Morgan fingerprint density at radius 1 is 1.20 bits per heavy atom. The first-order chi connectivity index (χ1) is 9.74. The maximum Gasteiger partial charge on any atom is 0.136 e. The summed E-state index contributed by atoms with van der Waals surface area (Å²) in [5.74, 6) is 0.345. The molecule has 2 aromatic rings. The first-order valence-corrected chi connectivity index (χ1v) is 6.25. The van der Waals surface area contributed by atoms with Crippen LogP contribution in [-0.2, 0) is 13.1 Å². The number of nitrogens with one attached hydrogen (secondary N) is 1. The number of nitrogens with zero attached hydrogens (tertiary/aromatic N) is 1. The van der Waals surface area contributed by atoms with Gasteiger partial charge in [-0.3, -0.25) is 0 Å². The van der Waals surface area contributed by atoms with E-state index in [0.717, 1.165) is 5.56 Å². The molecule has 2 aromatic carbocycles. The summed E-state index contributed by atoms with van der Waals surface area (Å²) in [4.78, 5) is 0. The second-order valence-corrected chi connectivity index (χ2v) is 4.34. The molecule has 0 radical (unpaired) electrons. The van der Waals surface area contributed by atoms with Gasteiger partial charge in [0.15, 0.2) is 0 Å². The smallest absolute Gasteiger partial charge is 0.136 e. The van der Waals surface area contributed by atoms with E-state index in [9.17, 15) is 4.39 Å². The molecular formula is C16H15FN2O. The van der Waals surface area contributed by atoms with E-state index in [4.69, 9.17) is 10.00 Å². The summed E-state index contributed by atoms with van der Waals surface area (Å²) in [6.07, 6.45) is 0. The first kappa shape index (κ1) is 14.0. The third-order valence-electron chi connectivity index (χ3n) is 2.99. The zero-order chi connectivity index (χ0) is 14.4. The van der Waals surface area contributed by atoms with Crippen molar-refractivity contribution in [3.05, 3.63) is 65.0 Å². The van der Waals surface area contributed by atoms with Gasteiger partial charge in [-0.2, -0.15) is 5.26 Å². The van der Waals surface area contributed by atoms with E-state index >= 15 is 0 Å². The van der Waals surface area contributed by atoms with Crippen LogP contribution in [0.5, 0.6) is 5.75 Å². The van der Waals surface area contributed by atoms with Crippen LogP contribution < -0.4 is 10.1 Å². The minimum absolute atomic E-state index is 0.215. The zero-order valence-electron chi connectivity index (χ0n) is 11.2. The quantitative estimate of drug-likeness (QED) is 0.908. The van der Waals surface area contributed by atoms with Crippen molar-refractivity contribution in [2.45, 2.75) is 13.1 Å². The van der Waals surface area contributed by atoms with Crippen LogP contribution in [-0.4, -0.2) is 7.11 Å². The van der Waals surface area contributed by atoms with Crippen molar-refractivity contribution in [3.63, 3.8) is 0 Å². The molecule has 3 nitrogen and oxygen atoms in total. The number of halogens is 1. The molecular weight excluding hydrogens is 255 g/mol. The van der Waals surface area contributed by atoms with Crippen LogP contribution >= 0.6 is 0 Å². The molecule has 4 heteroatoms. The lowest BCUT2D eigenvalue weighted by Gasteiger charge is -2.08. The van der Waals surface area contributed by atoms with Gasteiger partial charge in [-0.25, -0.2) is 4.39 Å². The second-order valence-electron chi connectivity index (χ2n) is 4.34. The molecule has 0 saturated carbocycles. The second kappa shape index (κ2) is 6.69. The number of benzene rings is 2. The topological polar surface area (TPSA) is 45.0 Å². The molecule has 0 heterocycles. The molecule has 0 saturated heterocycles. The molecule has 0 atom stereocenters. The summed E-state index contributed by atoms with van der Waals surface area (Å²) >= 11 is 0. The zero-order valence-corrected chi connectivity index (χ0v) is 11.2. The monoisotopic (exact) mass is 270 g/mol. The maximum atomic E-state index is 13.4. The van der Waals surface area contributed by atoms with Crippen LogP contribution in [0.25, 0.3) is 0 Å². The van der Waals surface area contributed by atoms with Crippen molar-refractivity contribution in [2.75, 3.05) is 7.11 Å². The highest BCUT2D eigenvalue weighted by Crippen LogP contribution is 2.18. The Balaban J connectivity index is 1.98. The van der Waals surface area contributed by atoms with Crippen molar-refractivity contribution in [1.82, 2.24) is 5.32 Å². The molecule has 0 aliphatic rings. The van der Waals surface area contributed by atoms with Crippen molar-refractivity contribution in [1.29, 1.82) is 5.26 Å². The van der Waals surface area contributed by atoms with Gasteiger partial charge in [-0.1, -0.05) is 24.3 Å². The van der Waals surface area contributed by atoms with Crippen LogP contribution in [0.2, 0.25) is 0 Å². The van der Waals surface area contributed by atoms with Gasteiger partial charge in [0.2, 0.25) is 0 Å². The van der Waals surface area contributed by atoms with E-state index in [2.05, 4.69) is 11.4 Å². The van der Waals surface area contributed by atoms with Crippen LogP contribution in [0, 0.1) is 17.1 Å². The van der Waals surface area contributed by atoms with Crippen molar-refractivity contribution >= 4 is 0 Å². The number of rotatable bonds is 5. The van der Waals surface area contributed by atoms with Gasteiger partial charge in [-0.15, -0.1) is 0 Å². The van der Waals surface area contributed by atoms with Crippen molar-refractivity contribution < 1.29 is 9.13 Å². The van der Waals surface area contributed by atoms with E-state index < -0.39 is 0 Å². The molecule has 0 amide bonds. The van der Waals surface area contributed by atoms with Crippen molar-refractivity contribution in [3.8, 4) is 11.8 Å². The Morgan fingerprint density at radius 3 is 2.70 bits per heavy atom. The van der Waals surface area contributed by atoms with E-state index in [1.807, 2.05) is 6.07 Å². The number of hydrogen-bond acceptors (Lipinski definition) is 3. The molecule has 20 heavy (non-hydrogen) atoms. The fourth-order valence-corrected chi connectivity index (χ4v) is 1.94. The summed E-state index contributed by atoms with van der Waals surface area (Å²) < 4.78 is 18.5. The predicted octanol–water partition coefficient (Wildman–Crippen LogP) is 3.00. The minimum Gasteiger partial charge on any atom is -0.495 e. The van der Waals surface area contributed by atoms with Gasteiger partial charge in [-0.05, 0) is 23.8 Å². The Kier molecular flexibility index (Phi) is 4.70. The minimum atomic E-state index is -0.215. The van der Waals surface area contributed by atoms with E-state index in [-0.39, 0.29) is 5.82 Å². The lowest BCUT2D eigenvalue weighted by Crippen LogP contribution is -2.13. The summed E-state index contributed by atoms with van der Waals surface area (Å²) in [6, 6.07) is 14.2. The summed E-state index contributed by atoms with van der Waals surface area (Å²) in [5.41, 5.74) is 2.08. The van der Waals surface area contributed by atoms with Crippen LogP contribution in [0.3, 0.4) is 0 Å². The Morgan fingerprint density at radius 2 is 2.00 bits per heavy atom. The Bertz CT molecular complexity index is 635. The van der Waals surface area contributed by atoms with Gasteiger partial charge >= 0.3 is 0 Å². The van der Waals surface area contributed by atoms with Gasteiger partial charge in [0.05, 0.1) is 12.7 Å². The third kappa shape index (κ3) is 3.34. The number of nitriles is 1. The van der Waals surface area contributed by atoms with Gasteiger partial charge in [0.1, 0.15) is 17.6 Å². The van der Waals surface area contributed by atoms with Crippen LogP contribution in [0.1, 0.15) is 16.7 Å². The molecule has 0 aliphatic heterocycles. The number of ether oxygens (including phenoxy) is 1. The summed E-state index contributed by atoms with van der Waals surface area (Å²) in [6.45, 7) is 1.01. The Hall–Kier alpha value is -2.38. The average Bonchev–Trinajstić information content (AvgIpc) is 2.49. The third-order valence-corrected chi connectivity index (χ3v) is 2.99. The molecule has 0 unspecified atom stereocenters. The summed E-state index contributed by atoms with van der Waals surface area (Å²) in [7, 11) is 1.53. The summed E-state index contributed by atoms with van der Waals surface area (Å²) in [5, 5.41) is 12.2. The normalized spacial score (nSPS) is 10.1. The predicted molar refractivity (Wildman–Crippen MR) is 74.7 cm³/mol. The average molecular weight is 270 g/mol. The lowest BCUT2D eigenvalue weighted by molar-refractivity contribution is 0.413.